The third kappa shape index (κ3) is 4.01. The van der Waals surface area contributed by atoms with Gasteiger partial charge in [-0.15, -0.1) is 0 Å². The van der Waals surface area contributed by atoms with Crippen molar-refractivity contribution >= 4 is 27.6 Å². The van der Waals surface area contributed by atoms with Crippen LogP contribution in [0.2, 0.25) is 0 Å². The molecule has 2 rings (SSSR count). The highest BCUT2D eigenvalue weighted by Crippen LogP contribution is 2.25. The summed E-state index contributed by atoms with van der Waals surface area (Å²) in [5.74, 6) is -1.08. The Morgan fingerprint density at radius 3 is 2.24 bits per heavy atom. The number of rotatable bonds is 5. The van der Waals surface area contributed by atoms with Crippen molar-refractivity contribution in [3.05, 3.63) is 64.1 Å². The van der Waals surface area contributed by atoms with Gasteiger partial charge in [-0.2, -0.15) is 0 Å². The first-order valence-corrected chi connectivity index (χ1v) is 6.89. The molecule has 0 saturated heterocycles. The summed E-state index contributed by atoms with van der Waals surface area (Å²) < 4.78 is 25.8. The molecule has 0 spiro atoms. The number of carboxylic acid groups (broad SMARTS) is 1. The van der Waals surface area contributed by atoms with Crippen molar-refractivity contribution in [2.75, 3.05) is 5.32 Å². The molecule has 0 amide bonds. The molecular weight excluding hydrogens is 344 g/mol. The van der Waals surface area contributed by atoms with Crippen LogP contribution in [-0.2, 0) is 4.79 Å². The molecular formula is C15H12BrF2NO2. The fourth-order valence-electron chi connectivity index (χ4n) is 1.87. The van der Waals surface area contributed by atoms with E-state index in [-0.39, 0.29) is 5.56 Å². The number of alkyl halides is 2. The highest BCUT2D eigenvalue weighted by Gasteiger charge is 2.20. The molecule has 0 radical (unpaired) electrons. The maximum atomic E-state index is 12.5. The van der Waals surface area contributed by atoms with E-state index in [0.29, 0.717) is 11.3 Å². The number of benzene rings is 2. The van der Waals surface area contributed by atoms with Crippen LogP contribution in [0.25, 0.3) is 0 Å². The van der Waals surface area contributed by atoms with Crippen LogP contribution in [0, 0.1) is 0 Å². The van der Waals surface area contributed by atoms with E-state index in [1.807, 2.05) is 6.07 Å². The van der Waals surface area contributed by atoms with Crippen LogP contribution in [0.15, 0.2) is 53.0 Å². The van der Waals surface area contributed by atoms with Crippen LogP contribution in [0.1, 0.15) is 23.6 Å². The standard InChI is InChI=1S/C15H12BrF2NO2/c16-11-2-1-3-12(8-11)19-13(15(20)21)9-4-6-10(7-5-9)14(17)18/h1-8,13-14,19H,(H,20,21). The summed E-state index contributed by atoms with van der Waals surface area (Å²) in [6.07, 6.45) is -2.57. The van der Waals surface area contributed by atoms with E-state index in [9.17, 15) is 18.7 Å². The van der Waals surface area contributed by atoms with Gasteiger partial charge < -0.3 is 10.4 Å². The first-order chi connectivity index (χ1) is 9.97. The van der Waals surface area contributed by atoms with Gasteiger partial charge in [0.1, 0.15) is 0 Å². The van der Waals surface area contributed by atoms with Gasteiger partial charge in [0.25, 0.3) is 6.43 Å². The van der Waals surface area contributed by atoms with Crippen LogP contribution in [0.4, 0.5) is 14.5 Å². The number of aliphatic carboxylic acids is 1. The Labute approximate surface area is 128 Å². The molecule has 21 heavy (non-hydrogen) atoms. The minimum Gasteiger partial charge on any atom is -0.479 e. The fourth-order valence-corrected chi connectivity index (χ4v) is 2.27. The molecule has 0 aromatic heterocycles. The molecule has 6 heteroatoms. The Morgan fingerprint density at radius 2 is 1.71 bits per heavy atom. The Hall–Kier alpha value is -1.95. The number of halogens is 3. The summed E-state index contributed by atoms with van der Waals surface area (Å²) in [5, 5.41) is 12.2. The highest BCUT2D eigenvalue weighted by atomic mass is 79.9. The molecule has 1 unspecified atom stereocenters. The lowest BCUT2D eigenvalue weighted by Crippen LogP contribution is -2.20. The molecule has 0 aliphatic rings. The second-order valence-electron chi connectivity index (χ2n) is 4.39. The number of hydrogen-bond donors (Lipinski definition) is 2. The zero-order chi connectivity index (χ0) is 15.4. The van der Waals surface area contributed by atoms with Crippen LogP contribution < -0.4 is 5.32 Å². The molecule has 0 fully saturated rings. The third-order valence-electron chi connectivity index (χ3n) is 2.90. The van der Waals surface area contributed by atoms with E-state index in [0.717, 1.165) is 4.47 Å². The van der Waals surface area contributed by atoms with Crippen LogP contribution in [0.3, 0.4) is 0 Å². The summed E-state index contributed by atoms with van der Waals surface area (Å²) in [5.41, 5.74) is 0.895. The number of carboxylic acids is 1. The van der Waals surface area contributed by atoms with E-state index >= 15 is 0 Å². The molecule has 0 aliphatic carbocycles. The molecule has 110 valence electrons. The summed E-state index contributed by atoms with van der Waals surface area (Å²) >= 11 is 3.30. The molecule has 1 atom stereocenters. The molecule has 0 saturated carbocycles. The van der Waals surface area contributed by atoms with Gasteiger partial charge in [0.15, 0.2) is 6.04 Å². The van der Waals surface area contributed by atoms with Gasteiger partial charge in [0.05, 0.1) is 0 Å². The fraction of sp³-hybridized carbons (Fsp3) is 0.133. The molecule has 3 nitrogen and oxygen atoms in total. The summed E-state index contributed by atoms with van der Waals surface area (Å²) in [6, 6.07) is 11.3. The molecule has 2 N–H and O–H groups in total. The Bertz CT molecular complexity index is 632. The SMILES string of the molecule is O=C(O)C(Nc1cccc(Br)c1)c1ccc(C(F)F)cc1. The van der Waals surface area contributed by atoms with E-state index < -0.39 is 18.4 Å². The van der Waals surface area contributed by atoms with E-state index in [4.69, 9.17) is 0 Å². The van der Waals surface area contributed by atoms with Crippen molar-refractivity contribution in [2.24, 2.45) is 0 Å². The smallest absolute Gasteiger partial charge is 0.330 e. The highest BCUT2D eigenvalue weighted by molar-refractivity contribution is 9.10. The lowest BCUT2D eigenvalue weighted by Gasteiger charge is -2.16. The number of carbonyl (C=O) groups is 1. The van der Waals surface area contributed by atoms with Crippen molar-refractivity contribution < 1.29 is 18.7 Å². The minimum absolute atomic E-state index is 0.134. The minimum atomic E-state index is -2.57. The van der Waals surface area contributed by atoms with Crippen LogP contribution in [0.5, 0.6) is 0 Å². The average Bonchev–Trinajstić information content (AvgIpc) is 2.44. The van der Waals surface area contributed by atoms with E-state index in [1.54, 1.807) is 18.2 Å². The molecule has 0 bridgehead atoms. The lowest BCUT2D eigenvalue weighted by molar-refractivity contribution is -0.138. The lowest BCUT2D eigenvalue weighted by atomic mass is 10.0. The third-order valence-corrected chi connectivity index (χ3v) is 3.40. The van der Waals surface area contributed by atoms with Gasteiger partial charge in [0.2, 0.25) is 0 Å². The molecule has 0 aliphatic heterocycles. The van der Waals surface area contributed by atoms with Gasteiger partial charge in [-0.3, -0.25) is 0 Å². The number of hydrogen-bond acceptors (Lipinski definition) is 2. The van der Waals surface area contributed by atoms with Crippen molar-refractivity contribution in [3.63, 3.8) is 0 Å². The predicted octanol–water partition coefficient (Wildman–Crippen LogP) is 4.62. The van der Waals surface area contributed by atoms with Gasteiger partial charge in [0, 0.05) is 15.7 Å². The quantitative estimate of drug-likeness (QED) is 0.822. The Balaban J connectivity index is 2.24. The monoisotopic (exact) mass is 355 g/mol. The van der Waals surface area contributed by atoms with Gasteiger partial charge in [-0.05, 0) is 23.8 Å². The van der Waals surface area contributed by atoms with Crippen molar-refractivity contribution in [1.82, 2.24) is 0 Å². The second kappa shape index (κ2) is 6.67. The van der Waals surface area contributed by atoms with Crippen LogP contribution >= 0.6 is 15.9 Å². The van der Waals surface area contributed by atoms with Crippen molar-refractivity contribution in [3.8, 4) is 0 Å². The summed E-state index contributed by atoms with van der Waals surface area (Å²) in [4.78, 5) is 11.4. The topological polar surface area (TPSA) is 49.3 Å². The molecule has 2 aromatic carbocycles. The largest absolute Gasteiger partial charge is 0.479 e. The van der Waals surface area contributed by atoms with Gasteiger partial charge in [-0.25, -0.2) is 13.6 Å². The van der Waals surface area contributed by atoms with Gasteiger partial charge in [-0.1, -0.05) is 46.3 Å². The maximum absolute atomic E-state index is 12.5. The summed E-state index contributed by atoms with van der Waals surface area (Å²) in [6.45, 7) is 0. The Morgan fingerprint density at radius 1 is 1.10 bits per heavy atom. The summed E-state index contributed by atoms with van der Waals surface area (Å²) in [7, 11) is 0. The number of nitrogens with one attached hydrogen (secondary N) is 1. The Kier molecular flexibility index (Phi) is 4.90. The molecule has 2 aromatic rings. The van der Waals surface area contributed by atoms with Crippen molar-refractivity contribution in [1.29, 1.82) is 0 Å². The van der Waals surface area contributed by atoms with E-state index in [2.05, 4.69) is 21.2 Å². The zero-order valence-corrected chi connectivity index (χ0v) is 12.3. The maximum Gasteiger partial charge on any atom is 0.330 e. The normalized spacial score (nSPS) is 12.2. The number of anilines is 1. The average molecular weight is 356 g/mol. The van der Waals surface area contributed by atoms with Crippen molar-refractivity contribution in [2.45, 2.75) is 12.5 Å². The van der Waals surface area contributed by atoms with Crippen LogP contribution in [-0.4, -0.2) is 11.1 Å². The van der Waals surface area contributed by atoms with Gasteiger partial charge >= 0.3 is 5.97 Å². The van der Waals surface area contributed by atoms with E-state index in [1.165, 1.54) is 24.3 Å². The first-order valence-electron chi connectivity index (χ1n) is 6.10. The molecule has 0 heterocycles. The predicted molar refractivity (Wildman–Crippen MR) is 79.5 cm³/mol. The zero-order valence-electron chi connectivity index (χ0n) is 10.8. The second-order valence-corrected chi connectivity index (χ2v) is 5.31. The first kappa shape index (κ1) is 15.4.